The van der Waals surface area contributed by atoms with Gasteiger partial charge in [-0.1, -0.05) is 50.7 Å². The van der Waals surface area contributed by atoms with Crippen LogP contribution in [0.2, 0.25) is 0 Å². The molecule has 0 unspecified atom stereocenters. The number of amides is 1. The van der Waals surface area contributed by atoms with E-state index in [-0.39, 0.29) is 13.2 Å². The Hall–Kier alpha value is 0.770. The van der Waals surface area contributed by atoms with Gasteiger partial charge >= 0.3 is 13.7 Å². The van der Waals surface area contributed by atoms with E-state index >= 15 is 0 Å². The highest BCUT2D eigenvalue weighted by molar-refractivity contribution is 9.10. The Morgan fingerprint density at radius 1 is 1.32 bits per heavy atom. The fourth-order valence-electron chi connectivity index (χ4n) is 0.893. The van der Waals surface area contributed by atoms with Crippen molar-refractivity contribution in [1.82, 2.24) is 5.32 Å². The summed E-state index contributed by atoms with van der Waals surface area (Å²) in [6, 6.07) is 0. The van der Waals surface area contributed by atoms with Gasteiger partial charge < -0.3 is 13.8 Å². The zero-order valence-corrected chi connectivity index (χ0v) is 14.9. The van der Waals surface area contributed by atoms with Gasteiger partial charge in [0.2, 0.25) is 3.79 Å². The Morgan fingerprint density at radius 3 is 2.16 bits per heavy atom. The number of hydrogen-bond acceptors (Lipinski definition) is 5. The summed E-state index contributed by atoms with van der Waals surface area (Å²) < 4.78 is 24.1. The van der Waals surface area contributed by atoms with Gasteiger partial charge in [0.05, 0.1) is 13.2 Å². The minimum atomic E-state index is -3.52. The van der Waals surface area contributed by atoms with E-state index in [4.69, 9.17) is 43.9 Å². The first-order valence-corrected chi connectivity index (χ1v) is 8.83. The lowest BCUT2D eigenvalue weighted by Crippen LogP contribution is -2.34. The van der Waals surface area contributed by atoms with Gasteiger partial charge in [-0.3, -0.25) is 9.88 Å². The molecular formula is C8H14BrCl3NO5P. The lowest BCUT2D eigenvalue weighted by molar-refractivity contribution is 0.146. The fraction of sp³-hybridized carbons (Fsp3) is 0.875. The van der Waals surface area contributed by atoms with Crippen molar-refractivity contribution in [3.05, 3.63) is 0 Å². The highest BCUT2D eigenvalue weighted by Gasteiger charge is 2.35. The number of ether oxygens (including phenoxy) is 1. The molecule has 0 radical (unpaired) electrons. The van der Waals surface area contributed by atoms with Crippen molar-refractivity contribution in [3.8, 4) is 0 Å². The average Bonchev–Trinajstić information content (AvgIpc) is 2.26. The van der Waals surface area contributed by atoms with E-state index in [1.54, 1.807) is 13.8 Å². The van der Waals surface area contributed by atoms with Gasteiger partial charge in [-0.05, 0) is 13.8 Å². The number of alkyl halides is 4. The molecule has 1 amide bonds. The predicted octanol–water partition coefficient (Wildman–Crippen LogP) is 4.03. The first-order valence-electron chi connectivity index (χ1n) is 5.17. The van der Waals surface area contributed by atoms with E-state index in [0.29, 0.717) is 0 Å². The van der Waals surface area contributed by atoms with Crippen molar-refractivity contribution in [2.24, 2.45) is 0 Å². The van der Waals surface area contributed by atoms with Crippen LogP contribution in [0.25, 0.3) is 0 Å². The van der Waals surface area contributed by atoms with Crippen LogP contribution in [0.4, 0.5) is 4.79 Å². The summed E-state index contributed by atoms with van der Waals surface area (Å²) in [5.74, 6) is 0. The fourth-order valence-corrected chi connectivity index (χ4v) is 3.27. The van der Waals surface area contributed by atoms with Crippen LogP contribution >= 0.6 is 58.3 Å². The quantitative estimate of drug-likeness (QED) is 0.382. The van der Waals surface area contributed by atoms with Crippen LogP contribution in [-0.4, -0.2) is 34.4 Å². The van der Waals surface area contributed by atoms with Crippen LogP contribution in [0, 0.1) is 0 Å². The third-order valence-corrected chi connectivity index (χ3v) is 5.48. The summed E-state index contributed by atoms with van der Waals surface area (Å²) in [6.45, 7) is 3.16. The Morgan fingerprint density at radius 2 is 1.79 bits per heavy atom. The molecule has 6 nitrogen and oxygen atoms in total. The molecule has 0 bridgehead atoms. The van der Waals surface area contributed by atoms with Gasteiger partial charge in [-0.25, -0.2) is 4.79 Å². The third kappa shape index (κ3) is 8.60. The molecule has 114 valence electrons. The van der Waals surface area contributed by atoms with Crippen molar-refractivity contribution in [2.45, 2.75) is 22.3 Å². The van der Waals surface area contributed by atoms with Gasteiger partial charge in [0.25, 0.3) is 0 Å². The van der Waals surface area contributed by atoms with Gasteiger partial charge in [0, 0.05) is 0 Å². The van der Waals surface area contributed by atoms with E-state index < -0.39 is 28.8 Å². The standard InChI is InChI=1S/C8H14BrCl3NO5P/c1-3-17-19(15,18-4-2)6(9)13-7(14)16-5-8(10,11)12/h6H,3-5H2,1-2H3,(H,13,14)/t6-/m0/s1. The molecule has 0 aromatic carbocycles. The van der Waals surface area contributed by atoms with Crippen molar-refractivity contribution in [2.75, 3.05) is 19.8 Å². The Kier molecular flexibility index (Phi) is 9.29. The highest BCUT2D eigenvalue weighted by atomic mass is 79.9. The Balaban J connectivity index is 4.43. The number of rotatable bonds is 7. The summed E-state index contributed by atoms with van der Waals surface area (Å²) >= 11 is 19.2. The maximum absolute atomic E-state index is 12.2. The summed E-state index contributed by atoms with van der Waals surface area (Å²) in [5, 5.41) is 2.23. The van der Waals surface area contributed by atoms with E-state index in [1.807, 2.05) is 0 Å². The molecule has 0 aliphatic heterocycles. The molecule has 11 heteroatoms. The van der Waals surface area contributed by atoms with Gasteiger partial charge in [-0.15, -0.1) is 0 Å². The molecule has 0 rings (SSSR count). The normalized spacial score (nSPS) is 14.0. The molecule has 0 spiro atoms. The molecule has 0 aromatic rings. The molecule has 1 atom stereocenters. The van der Waals surface area contributed by atoms with Crippen LogP contribution in [0.3, 0.4) is 0 Å². The zero-order chi connectivity index (χ0) is 15.1. The smallest absolute Gasteiger partial charge is 0.408 e. The lowest BCUT2D eigenvalue weighted by Gasteiger charge is -2.22. The summed E-state index contributed by atoms with van der Waals surface area (Å²) in [7, 11) is -3.52. The van der Waals surface area contributed by atoms with Crippen molar-refractivity contribution in [3.63, 3.8) is 0 Å². The van der Waals surface area contributed by atoms with Crippen molar-refractivity contribution in [1.29, 1.82) is 0 Å². The molecule has 0 saturated heterocycles. The van der Waals surface area contributed by atoms with E-state index in [2.05, 4.69) is 26.0 Å². The number of alkyl carbamates (subject to hydrolysis) is 1. The molecule has 0 saturated carbocycles. The molecule has 1 N–H and O–H groups in total. The predicted molar refractivity (Wildman–Crippen MR) is 78.3 cm³/mol. The molecule has 0 aromatic heterocycles. The molecular weight excluding hydrogens is 407 g/mol. The van der Waals surface area contributed by atoms with Crippen molar-refractivity contribution < 1.29 is 23.1 Å². The van der Waals surface area contributed by atoms with Crippen LogP contribution in [0.15, 0.2) is 0 Å². The Bertz CT molecular complexity index is 331. The number of halogens is 4. The maximum atomic E-state index is 12.2. The minimum Gasteiger partial charge on any atom is -0.445 e. The lowest BCUT2D eigenvalue weighted by atomic mass is 10.8. The van der Waals surface area contributed by atoms with Gasteiger partial charge in [0.1, 0.15) is 6.61 Å². The molecule has 0 aliphatic carbocycles. The maximum Gasteiger partial charge on any atom is 0.408 e. The monoisotopic (exact) mass is 419 g/mol. The van der Waals surface area contributed by atoms with E-state index in [0.717, 1.165) is 0 Å². The van der Waals surface area contributed by atoms with Gasteiger partial charge in [0.15, 0.2) is 4.69 Å². The molecule has 0 fully saturated rings. The third-order valence-electron chi connectivity index (χ3n) is 1.50. The minimum absolute atomic E-state index is 0.157. The number of hydrogen-bond donors (Lipinski definition) is 1. The second-order valence-corrected chi connectivity index (χ2v) is 9.30. The topological polar surface area (TPSA) is 73.9 Å². The molecule has 0 aliphatic rings. The molecule has 19 heavy (non-hydrogen) atoms. The second kappa shape index (κ2) is 8.93. The summed E-state index contributed by atoms with van der Waals surface area (Å²) in [5.41, 5.74) is 0. The summed E-state index contributed by atoms with van der Waals surface area (Å²) in [6.07, 6.45) is -0.923. The number of carbonyl (C=O) groups excluding carboxylic acids is 1. The van der Waals surface area contributed by atoms with E-state index in [9.17, 15) is 9.36 Å². The SMILES string of the molecule is CCOP(=O)(OCC)[C@@H](Br)NC(=O)OCC(Cl)(Cl)Cl. The first-order chi connectivity index (χ1) is 8.64. The van der Waals surface area contributed by atoms with Crippen molar-refractivity contribution >= 4 is 64.4 Å². The Labute approximate surface area is 135 Å². The highest BCUT2D eigenvalue weighted by Crippen LogP contribution is 2.54. The number of carbonyl (C=O) groups is 1. The largest absolute Gasteiger partial charge is 0.445 e. The second-order valence-electron chi connectivity index (χ2n) is 3.05. The van der Waals surface area contributed by atoms with Gasteiger partial charge in [-0.2, -0.15) is 0 Å². The average molecular weight is 421 g/mol. The zero-order valence-electron chi connectivity index (χ0n) is 10.2. The van der Waals surface area contributed by atoms with Crippen LogP contribution in [-0.2, 0) is 18.3 Å². The molecule has 0 heterocycles. The van der Waals surface area contributed by atoms with Crippen LogP contribution in [0.5, 0.6) is 0 Å². The number of nitrogens with one attached hydrogen (secondary N) is 1. The summed E-state index contributed by atoms with van der Waals surface area (Å²) in [4.78, 5) is 11.4. The van der Waals surface area contributed by atoms with Crippen LogP contribution in [0.1, 0.15) is 13.8 Å². The van der Waals surface area contributed by atoms with Crippen LogP contribution < -0.4 is 5.32 Å². The van der Waals surface area contributed by atoms with E-state index in [1.165, 1.54) is 0 Å². The first kappa shape index (κ1) is 19.8.